The summed E-state index contributed by atoms with van der Waals surface area (Å²) in [5, 5.41) is 9.29. The molecule has 0 amide bonds. The van der Waals surface area contributed by atoms with E-state index in [2.05, 4.69) is 23.4 Å². The van der Waals surface area contributed by atoms with Crippen LogP contribution in [0, 0.1) is 0 Å². The van der Waals surface area contributed by atoms with Crippen molar-refractivity contribution in [3.05, 3.63) is 36.0 Å². The fraction of sp³-hybridized carbons (Fsp3) is 0.533. The van der Waals surface area contributed by atoms with Crippen molar-refractivity contribution in [2.45, 2.75) is 39.2 Å². The van der Waals surface area contributed by atoms with Crippen LogP contribution in [0.1, 0.15) is 37.4 Å². The molecule has 0 aliphatic heterocycles. The standard InChI is InChI=1S/C15H24N2O/c1-4-6-7-9-17(3)15-11-13(12-18)10-14(16-15)8-5-2/h4,10-11,18H,1,5-9,12H2,2-3H3. The van der Waals surface area contributed by atoms with Crippen molar-refractivity contribution in [3.8, 4) is 0 Å². The molecule has 1 aromatic heterocycles. The highest BCUT2D eigenvalue weighted by atomic mass is 16.3. The van der Waals surface area contributed by atoms with Gasteiger partial charge in [-0.1, -0.05) is 19.4 Å². The second kappa shape index (κ2) is 7.88. The Morgan fingerprint density at radius 3 is 2.83 bits per heavy atom. The Balaban J connectivity index is 2.78. The first-order chi connectivity index (χ1) is 8.71. The van der Waals surface area contributed by atoms with Gasteiger partial charge in [-0.2, -0.15) is 0 Å². The molecule has 3 nitrogen and oxygen atoms in total. The zero-order valence-corrected chi connectivity index (χ0v) is 11.5. The van der Waals surface area contributed by atoms with Crippen molar-refractivity contribution in [1.82, 2.24) is 4.98 Å². The van der Waals surface area contributed by atoms with Crippen molar-refractivity contribution < 1.29 is 5.11 Å². The Morgan fingerprint density at radius 1 is 1.44 bits per heavy atom. The summed E-state index contributed by atoms with van der Waals surface area (Å²) < 4.78 is 0. The van der Waals surface area contributed by atoms with Crippen LogP contribution < -0.4 is 4.90 Å². The van der Waals surface area contributed by atoms with Crippen molar-refractivity contribution in [1.29, 1.82) is 0 Å². The third-order valence-corrected chi connectivity index (χ3v) is 2.91. The molecule has 100 valence electrons. The van der Waals surface area contributed by atoms with Crippen LogP contribution in [0.25, 0.3) is 0 Å². The maximum atomic E-state index is 9.29. The van der Waals surface area contributed by atoms with Gasteiger partial charge in [0.1, 0.15) is 5.82 Å². The SMILES string of the molecule is C=CCCCN(C)c1cc(CO)cc(CCC)n1. The predicted octanol–water partition coefficient (Wildman–Crippen LogP) is 2.93. The van der Waals surface area contributed by atoms with Gasteiger partial charge in [0, 0.05) is 19.3 Å². The van der Waals surface area contributed by atoms with Crippen LogP contribution in [-0.4, -0.2) is 23.7 Å². The van der Waals surface area contributed by atoms with E-state index in [1.165, 1.54) is 0 Å². The van der Waals surface area contributed by atoms with Gasteiger partial charge in [0.15, 0.2) is 0 Å². The van der Waals surface area contributed by atoms with Crippen molar-refractivity contribution >= 4 is 5.82 Å². The van der Waals surface area contributed by atoms with Gasteiger partial charge < -0.3 is 10.0 Å². The Labute approximate surface area is 110 Å². The zero-order chi connectivity index (χ0) is 13.4. The number of unbranched alkanes of at least 4 members (excludes halogenated alkanes) is 1. The van der Waals surface area contributed by atoms with Gasteiger partial charge in [0.05, 0.1) is 6.61 Å². The molecule has 0 saturated heterocycles. The van der Waals surface area contributed by atoms with E-state index in [0.29, 0.717) is 0 Å². The largest absolute Gasteiger partial charge is 0.392 e. The van der Waals surface area contributed by atoms with E-state index in [0.717, 1.165) is 49.3 Å². The number of rotatable bonds is 8. The molecule has 3 heteroatoms. The van der Waals surface area contributed by atoms with Crippen LogP contribution in [-0.2, 0) is 13.0 Å². The van der Waals surface area contributed by atoms with Gasteiger partial charge in [-0.25, -0.2) is 4.98 Å². The summed E-state index contributed by atoms with van der Waals surface area (Å²) in [7, 11) is 2.04. The van der Waals surface area contributed by atoms with E-state index in [-0.39, 0.29) is 6.61 Å². The number of anilines is 1. The Morgan fingerprint density at radius 2 is 2.22 bits per heavy atom. The highest BCUT2D eigenvalue weighted by Crippen LogP contribution is 2.16. The molecule has 1 aromatic rings. The van der Waals surface area contributed by atoms with Crippen LogP contribution in [0.3, 0.4) is 0 Å². The summed E-state index contributed by atoms with van der Waals surface area (Å²) in [6.45, 7) is 6.90. The predicted molar refractivity (Wildman–Crippen MR) is 76.9 cm³/mol. The number of nitrogens with zero attached hydrogens (tertiary/aromatic N) is 2. The fourth-order valence-corrected chi connectivity index (χ4v) is 1.89. The molecule has 0 aromatic carbocycles. The number of aryl methyl sites for hydroxylation is 1. The first-order valence-electron chi connectivity index (χ1n) is 6.64. The average Bonchev–Trinajstić information content (AvgIpc) is 2.39. The molecule has 0 unspecified atom stereocenters. The summed E-state index contributed by atoms with van der Waals surface area (Å²) in [6.07, 6.45) is 6.07. The minimum Gasteiger partial charge on any atom is -0.392 e. The molecule has 0 atom stereocenters. The van der Waals surface area contributed by atoms with Crippen molar-refractivity contribution in [2.24, 2.45) is 0 Å². The van der Waals surface area contributed by atoms with Gasteiger partial charge >= 0.3 is 0 Å². The summed E-state index contributed by atoms with van der Waals surface area (Å²) in [4.78, 5) is 6.78. The lowest BCUT2D eigenvalue weighted by Crippen LogP contribution is -2.20. The summed E-state index contributed by atoms with van der Waals surface area (Å²) >= 11 is 0. The lowest BCUT2D eigenvalue weighted by Gasteiger charge is -2.19. The Kier molecular flexibility index (Phi) is 6.44. The first-order valence-corrected chi connectivity index (χ1v) is 6.64. The minimum atomic E-state index is 0.0761. The molecule has 18 heavy (non-hydrogen) atoms. The lowest BCUT2D eigenvalue weighted by atomic mass is 10.1. The third-order valence-electron chi connectivity index (χ3n) is 2.91. The van der Waals surface area contributed by atoms with Gasteiger partial charge in [0.2, 0.25) is 0 Å². The number of aromatic nitrogens is 1. The molecule has 0 aliphatic rings. The summed E-state index contributed by atoms with van der Waals surface area (Å²) in [6, 6.07) is 3.96. The van der Waals surface area contributed by atoms with Crippen molar-refractivity contribution in [2.75, 3.05) is 18.5 Å². The molecule has 1 rings (SSSR count). The van der Waals surface area contributed by atoms with E-state index in [1.807, 2.05) is 25.3 Å². The number of pyridine rings is 1. The normalized spacial score (nSPS) is 10.4. The van der Waals surface area contributed by atoms with Crippen LogP contribution in [0.15, 0.2) is 24.8 Å². The van der Waals surface area contributed by atoms with Crippen LogP contribution in [0.5, 0.6) is 0 Å². The molecule has 0 bridgehead atoms. The monoisotopic (exact) mass is 248 g/mol. The Hall–Kier alpha value is -1.35. The van der Waals surface area contributed by atoms with Crippen LogP contribution >= 0.6 is 0 Å². The second-order valence-corrected chi connectivity index (χ2v) is 4.59. The highest BCUT2D eigenvalue weighted by Gasteiger charge is 2.06. The summed E-state index contributed by atoms with van der Waals surface area (Å²) in [5.74, 6) is 0.953. The first kappa shape index (κ1) is 14.7. The van der Waals surface area contributed by atoms with E-state index < -0.39 is 0 Å². The number of hydrogen-bond donors (Lipinski definition) is 1. The van der Waals surface area contributed by atoms with Gasteiger partial charge in [-0.05, 0) is 37.0 Å². The van der Waals surface area contributed by atoms with E-state index in [4.69, 9.17) is 0 Å². The average molecular weight is 248 g/mol. The molecule has 0 saturated carbocycles. The number of aliphatic hydroxyl groups excluding tert-OH is 1. The zero-order valence-electron chi connectivity index (χ0n) is 11.5. The maximum absolute atomic E-state index is 9.29. The lowest BCUT2D eigenvalue weighted by molar-refractivity contribution is 0.281. The topological polar surface area (TPSA) is 36.4 Å². The Bertz CT molecular complexity index is 377. The minimum absolute atomic E-state index is 0.0761. The molecule has 1 N–H and O–H groups in total. The van der Waals surface area contributed by atoms with E-state index in [9.17, 15) is 5.11 Å². The molecule has 0 spiro atoms. The van der Waals surface area contributed by atoms with Crippen LogP contribution in [0.2, 0.25) is 0 Å². The quantitative estimate of drug-likeness (QED) is 0.567. The van der Waals surface area contributed by atoms with Gasteiger partial charge in [-0.3, -0.25) is 0 Å². The van der Waals surface area contributed by atoms with E-state index >= 15 is 0 Å². The van der Waals surface area contributed by atoms with Crippen LogP contribution in [0.4, 0.5) is 5.82 Å². The molecule has 0 fully saturated rings. The molecule has 1 heterocycles. The van der Waals surface area contributed by atoms with Crippen molar-refractivity contribution in [3.63, 3.8) is 0 Å². The summed E-state index contributed by atoms with van der Waals surface area (Å²) in [5.41, 5.74) is 2.01. The smallest absolute Gasteiger partial charge is 0.128 e. The molecule has 0 aliphatic carbocycles. The second-order valence-electron chi connectivity index (χ2n) is 4.59. The number of hydrogen-bond acceptors (Lipinski definition) is 3. The number of allylic oxidation sites excluding steroid dienone is 1. The maximum Gasteiger partial charge on any atom is 0.128 e. The number of aliphatic hydroxyl groups is 1. The molecular weight excluding hydrogens is 224 g/mol. The van der Waals surface area contributed by atoms with Gasteiger partial charge in [0.25, 0.3) is 0 Å². The molecular formula is C15H24N2O. The third kappa shape index (κ3) is 4.49. The molecule has 0 radical (unpaired) electrons. The highest BCUT2D eigenvalue weighted by molar-refractivity contribution is 5.41. The van der Waals surface area contributed by atoms with E-state index in [1.54, 1.807) is 0 Å². The fourth-order valence-electron chi connectivity index (χ4n) is 1.89. The van der Waals surface area contributed by atoms with Gasteiger partial charge in [-0.15, -0.1) is 6.58 Å².